The highest BCUT2D eigenvalue weighted by Crippen LogP contribution is 1.99. The lowest BCUT2D eigenvalue weighted by Crippen LogP contribution is -1.85. The van der Waals surface area contributed by atoms with Gasteiger partial charge in [-0.15, -0.1) is 0 Å². The van der Waals surface area contributed by atoms with E-state index in [9.17, 15) is 0 Å². The lowest BCUT2D eigenvalue weighted by Gasteiger charge is -1.93. The fourth-order valence-electron chi connectivity index (χ4n) is 1.73. The second kappa shape index (κ2) is 12.8. The van der Waals surface area contributed by atoms with Gasteiger partial charge in [0.1, 0.15) is 0 Å². The van der Waals surface area contributed by atoms with Gasteiger partial charge in [-0.05, 0) is 48.7 Å². The third-order valence-electron chi connectivity index (χ3n) is 3.19. The van der Waals surface area contributed by atoms with Crippen molar-refractivity contribution < 1.29 is 0 Å². The predicted octanol–water partition coefficient (Wildman–Crippen LogP) is 4.41. The highest BCUT2D eigenvalue weighted by molar-refractivity contribution is 5.39. The normalized spacial score (nSPS) is 8.96. The van der Waals surface area contributed by atoms with Gasteiger partial charge in [0.15, 0.2) is 0 Å². The van der Waals surface area contributed by atoms with Gasteiger partial charge in [-0.3, -0.25) is 15.0 Å². The summed E-state index contributed by atoms with van der Waals surface area (Å²) in [6.07, 6.45) is 11.1. The Morgan fingerprint density at radius 1 is 0.792 bits per heavy atom. The summed E-state index contributed by atoms with van der Waals surface area (Å²) >= 11 is 0. The minimum Gasteiger partial charge on any atom is -0.388 e. The maximum Gasteiger partial charge on any atom is 0.0400 e. The third kappa shape index (κ3) is 8.63. The van der Waals surface area contributed by atoms with Gasteiger partial charge >= 0.3 is 0 Å². The van der Waals surface area contributed by atoms with Gasteiger partial charge in [0.2, 0.25) is 0 Å². The number of nitrogens with one attached hydrogen (secondary N) is 1. The van der Waals surface area contributed by atoms with Gasteiger partial charge in [0.25, 0.3) is 0 Å². The molecule has 3 rings (SSSR count). The first-order valence-electron chi connectivity index (χ1n) is 8.16. The van der Waals surface area contributed by atoms with Crippen LogP contribution >= 0.6 is 0 Å². The average Bonchev–Trinajstić information content (AvgIpc) is 2.71. The highest BCUT2D eigenvalue weighted by Gasteiger charge is 1.82. The van der Waals surface area contributed by atoms with Crippen LogP contribution in [0.1, 0.15) is 25.1 Å². The van der Waals surface area contributed by atoms with E-state index < -0.39 is 0 Å². The summed E-state index contributed by atoms with van der Waals surface area (Å²) in [5.74, 6) is 0. The summed E-state index contributed by atoms with van der Waals surface area (Å²) in [5, 5.41) is 2.99. The molecule has 4 nitrogen and oxygen atoms in total. The Kier molecular flexibility index (Phi) is 10.3. The summed E-state index contributed by atoms with van der Waals surface area (Å²) in [6, 6.07) is 13.8. The molecule has 0 fully saturated rings. The molecule has 1 N–H and O–H groups in total. The fourth-order valence-corrected chi connectivity index (χ4v) is 1.73. The van der Waals surface area contributed by atoms with Crippen LogP contribution in [-0.2, 0) is 12.8 Å². The molecule has 3 aromatic heterocycles. The van der Waals surface area contributed by atoms with Crippen LogP contribution in [0, 0.1) is 0 Å². The molecule has 0 saturated carbocycles. The SMILES string of the molecule is CCc1ccccn1.CCc1cccnc1.CNc1ccncc1. The van der Waals surface area contributed by atoms with E-state index in [1.807, 2.05) is 55.8 Å². The van der Waals surface area contributed by atoms with Crippen molar-refractivity contribution in [3.63, 3.8) is 0 Å². The summed E-state index contributed by atoms with van der Waals surface area (Å²) < 4.78 is 0. The van der Waals surface area contributed by atoms with Crippen molar-refractivity contribution in [3.05, 3.63) is 84.7 Å². The molecule has 0 aliphatic carbocycles. The molecule has 4 heteroatoms. The van der Waals surface area contributed by atoms with Crippen molar-refractivity contribution >= 4 is 5.69 Å². The summed E-state index contributed by atoms with van der Waals surface area (Å²) in [5.41, 5.74) is 3.56. The van der Waals surface area contributed by atoms with E-state index in [1.54, 1.807) is 18.6 Å². The minimum atomic E-state index is 1.03. The van der Waals surface area contributed by atoms with Gasteiger partial charge in [-0.2, -0.15) is 0 Å². The number of aromatic nitrogens is 3. The van der Waals surface area contributed by atoms with Gasteiger partial charge in [0.05, 0.1) is 0 Å². The largest absolute Gasteiger partial charge is 0.388 e. The van der Waals surface area contributed by atoms with E-state index in [-0.39, 0.29) is 0 Å². The first-order valence-corrected chi connectivity index (χ1v) is 8.16. The first-order chi connectivity index (χ1) is 11.8. The monoisotopic (exact) mass is 322 g/mol. The number of hydrogen-bond acceptors (Lipinski definition) is 4. The minimum absolute atomic E-state index is 1.03. The van der Waals surface area contributed by atoms with Crippen molar-refractivity contribution in [2.75, 3.05) is 12.4 Å². The average molecular weight is 322 g/mol. The molecule has 0 saturated heterocycles. The molecule has 3 aromatic rings. The number of nitrogens with zero attached hydrogens (tertiary/aromatic N) is 3. The molecule has 24 heavy (non-hydrogen) atoms. The van der Waals surface area contributed by atoms with Crippen LogP contribution in [0.15, 0.2) is 73.4 Å². The van der Waals surface area contributed by atoms with E-state index in [4.69, 9.17) is 0 Å². The van der Waals surface area contributed by atoms with Crippen LogP contribution < -0.4 is 5.32 Å². The zero-order valence-electron chi connectivity index (χ0n) is 14.7. The molecular weight excluding hydrogens is 296 g/mol. The Balaban J connectivity index is 0.000000180. The van der Waals surface area contributed by atoms with E-state index in [0.29, 0.717) is 0 Å². The summed E-state index contributed by atoms with van der Waals surface area (Å²) in [7, 11) is 1.88. The number of rotatable bonds is 3. The molecule has 0 aromatic carbocycles. The first kappa shape index (κ1) is 19.3. The lowest BCUT2D eigenvalue weighted by molar-refractivity contribution is 1.04. The van der Waals surface area contributed by atoms with Crippen LogP contribution in [0.3, 0.4) is 0 Å². The van der Waals surface area contributed by atoms with E-state index in [0.717, 1.165) is 24.2 Å². The molecule has 0 unspecified atom stereocenters. The topological polar surface area (TPSA) is 50.7 Å². The maximum absolute atomic E-state index is 4.10. The van der Waals surface area contributed by atoms with Crippen molar-refractivity contribution in [3.8, 4) is 0 Å². The zero-order chi connectivity index (χ0) is 17.5. The van der Waals surface area contributed by atoms with E-state index >= 15 is 0 Å². The van der Waals surface area contributed by atoms with Crippen LogP contribution in [0.2, 0.25) is 0 Å². The van der Waals surface area contributed by atoms with Crippen LogP contribution in [0.4, 0.5) is 5.69 Å². The molecular formula is C20H26N4. The predicted molar refractivity (Wildman–Crippen MR) is 101 cm³/mol. The molecule has 0 spiro atoms. The Labute approximate surface area is 145 Å². The maximum atomic E-state index is 4.10. The smallest absolute Gasteiger partial charge is 0.0400 e. The number of anilines is 1. The van der Waals surface area contributed by atoms with Gasteiger partial charge < -0.3 is 5.32 Å². The number of aryl methyl sites for hydroxylation is 2. The van der Waals surface area contributed by atoms with Crippen LogP contribution in [0.5, 0.6) is 0 Å². The lowest BCUT2D eigenvalue weighted by atomic mass is 10.2. The molecule has 126 valence electrons. The Morgan fingerprint density at radius 3 is 1.96 bits per heavy atom. The van der Waals surface area contributed by atoms with Gasteiger partial charge in [-0.25, -0.2) is 0 Å². The number of hydrogen-bond donors (Lipinski definition) is 1. The second-order valence-electron chi connectivity index (χ2n) is 4.88. The molecule has 0 aliphatic heterocycles. The van der Waals surface area contributed by atoms with Crippen molar-refractivity contribution in [2.45, 2.75) is 26.7 Å². The van der Waals surface area contributed by atoms with Crippen LogP contribution in [0.25, 0.3) is 0 Å². The van der Waals surface area contributed by atoms with Crippen LogP contribution in [-0.4, -0.2) is 22.0 Å². The molecule has 0 aliphatic rings. The highest BCUT2D eigenvalue weighted by atomic mass is 14.8. The quantitative estimate of drug-likeness (QED) is 0.776. The van der Waals surface area contributed by atoms with Crippen molar-refractivity contribution in [1.82, 2.24) is 15.0 Å². The molecule has 0 atom stereocenters. The summed E-state index contributed by atoms with van der Waals surface area (Å²) in [4.78, 5) is 11.9. The Hall–Kier alpha value is -2.75. The second-order valence-corrected chi connectivity index (χ2v) is 4.88. The third-order valence-corrected chi connectivity index (χ3v) is 3.19. The van der Waals surface area contributed by atoms with Gasteiger partial charge in [-0.1, -0.05) is 26.0 Å². The van der Waals surface area contributed by atoms with E-state index in [2.05, 4.69) is 40.2 Å². The Bertz CT molecular complexity index is 534. The Morgan fingerprint density at radius 2 is 1.58 bits per heavy atom. The number of pyridine rings is 3. The standard InChI is InChI=1S/2C7H9N.C6H8N2/c1-2-7-4-3-5-8-6-7;1-2-7-5-3-4-6-8-7;1-7-6-2-4-8-5-3-6/h2*3-6H,2H2,1H3;2-5H,1H3,(H,7,8). The van der Waals surface area contributed by atoms with Crippen molar-refractivity contribution in [1.29, 1.82) is 0 Å². The summed E-state index contributed by atoms with van der Waals surface area (Å²) in [6.45, 7) is 4.22. The zero-order valence-corrected chi connectivity index (χ0v) is 14.7. The van der Waals surface area contributed by atoms with Crippen molar-refractivity contribution in [2.24, 2.45) is 0 Å². The molecule has 0 amide bonds. The van der Waals surface area contributed by atoms with Gasteiger partial charge in [0, 0.05) is 49.4 Å². The molecule has 3 heterocycles. The van der Waals surface area contributed by atoms with E-state index in [1.165, 1.54) is 5.56 Å². The fraction of sp³-hybridized carbons (Fsp3) is 0.250. The molecule has 0 radical (unpaired) electrons. The molecule has 0 bridgehead atoms.